The molecule has 13 heteroatoms. The van der Waals surface area contributed by atoms with Crippen molar-refractivity contribution in [3.8, 4) is 67.9 Å². The fourth-order valence-corrected chi connectivity index (χ4v) is 17.2. The number of para-hydroxylation sites is 8. The quantitative estimate of drug-likeness (QED) is 0.0670. The Balaban J connectivity index is 0.000000170. The minimum Gasteiger partial charge on any atom is -0.333 e. The fourth-order valence-electron chi connectivity index (χ4n) is 17.2. The summed E-state index contributed by atoms with van der Waals surface area (Å²) >= 11 is 0. The third-order valence-electron chi connectivity index (χ3n) is 22.7. The first-order valence-corrected chi connectivity index (χ1v) is 42.9. The predicted octanol–water partition coefficient (Wildman–Crippen LogP) is 30.9. The first-order valence-electron chi connectivity index (χ1n) is 53.4. The monoisotopic (exact) mass is 2440 g/mol. The van der Waals surface area contributed by atoms with E-state index >= 15 is 0 Å². The van der Waals surface area contributed by atoms with Crippen LogP contribution in [0.15, 0.2) is 316 Å². The van der Waals surface area contributed by atoms with E-state index in [2.05, 4.69) is 102 Å². The van der Waals surface area contributed by atoms with Gasteiger partial charge in [-0.15, -0.1) is 167 Å². The van der Waals surface area contributed by atoms with Crippen molar-refractivity contribution in [2.24, 2.45) is 11.8 Å². The maximum atomic E-state index is 8.13. The van der Waals surface area contributed by atoms with Crippen LogP contribution in [0.1, 0.15) is 219 Å². The molecule has 0 fully saturated rings. The number of rotatable bonds is 17. The van der Waals surface area contributed by atoms with Crippen LogP contribution in [0, 0.1) is 42.2 Å². The largest absolute Gasteiger partial charge is 0.333 e. The Morgan fingerprint density at radius 3 is 1.08 bits per heavy atom. The van der Waals surface area contributed by atoms with E-state index < -0.39 is 83.5 Å². The minimum absolute atomic E-state index is 0. The third-order valence-corrected chi connectivity index (χ3v) is 22.7. The van der Waals surface area contributed by atoms with Crippen LogP contribution in [0.2, 0.25) is 0 Å². The molecule has 13 aromatic carbocycles. The van der Waals surface area contributed by atoms with Gasteiger partial charge in [0, 0.05) is 161 Å². The summed E-state index contributed by atoms with van der Waals surface area (Å²) in [6.07, 6.45) is 6.86. The van der Waals surface area contributed by atoms with Crippen LogP contribution in [0.4, 0.5) is 0 Å². The molecule has 0 amide bonds. The van der Waals surface area contributed by atoms with Crippen molar-refractivity contribution in [3.05, 3.63) is 391 Å². The molecule has 7 aromatic heterocycles. The molecule has 0 saturated heterocycles. The number of aromatic nitrogens is 9. The van der Waals surface area contributed by atoms with E-state index in [0.717, 1.165) is 122 Å². The molecule has 9 nitrogen and oxygen atoms in total. The summed E-state index contributed by atoms with van der Waals surface area (Å²) in [6, 6.07) is 110. The molecule has 0 N–H and O–H groups in total. The van der Waals surface area contributed by atoms with Crippen LogP contribution < -0.4 is 0 Å². The molecule has 130 heavy (non-hydrogen) atoms. The number of imidazole rings is 4. The van der Waals surface area contributed by atoms with Gasteiger partial charge in [-0.2, -0.15) is 0 Å². The molecule has 5 atom stereocenters. The van der Waals surface area contributed by atoms with Gasteiger partial charge in [-0.1, -0.05) is 267 Å². The summed E-state index contributed by atoms with van der Waals surface area (Å²) in [5, 5.41) is 6.16. The van der Waals surface area contributed by atoms with Gasteiger partial charge in [0.15, 0.2) is 0 Å². The molecule has 0 aliphatic carbocycles. The summed E-state index contributed by atoms with van der Waals surface area (Å²) in [6.45, 7) is 0.466. The molecule has 0 aliphatic heterocycles. The predicted molar refractivity (Wildman–Crippen MR) is 530 cm³/mol. The number of fused-ring (bicyclic) bond motifs is 14. The summed E-state index contributed by atoms with van der Waals surface area (Å²) in [5.41, 5.74) is 20.3. The van der Waals surface area contributed by atoms with Crippen LogP contribution in [0.25, 0.3) is 145 Å². The number of hydrogen-bond donors (Lipinski definition) is 0. The molecule has 20 aromatic rings. The van der Waals surface area contributed by atoms with Gasteiger partial charge in [0.25, 0.3) is 0 Å². The average molecular weight is 2430 g/mol. The topological polar surface area (TPSA) is 83.1 Å². The molecule has 0 saturated carbocycles. The molecule has 4 radical (unpaired) electrons. The Morgan fingerprint density at radius 1 is 0.300 bits per heavy atom. The standard InChI is InChI=1S/C29H29N2.C27H25N2.2C25H25N2.C11H8N.4Ir/c1-19(2)16-21-10-9-11-22(17-20(3)4)28(21)27-18-30-29-25-14-6-5-12-23(25)24-13-7-8-15-26(24)31(27)29;1-17(2)19-13-9-14-20(18(3)4)26(19)25-16-28-27-23-12-6-5-10-21(23)22-11-7-8-15-24(22)29(25)27;2*1-17(2)20-13-10-14-21(18(3)4)24(20)27-23-16-9-8-15-22(23)26-25(27)19-11-6-5-7-12-19;1-2-6-10(7-3-1)11-8-4-5-9-12-11;;;;/h5-13,15,18-20H,16-17H2,1-4H3;5-11,13-18H,1-4H3;2*5-11,13-18H,1-4H3;1-6,8-9H;;;;/q5*-1;;;;/i1D3;1D3,2D3;2*1D3,3D3;;;;;. The smallest absolute Gasteiger partial charge is 0.0774 e. The van der Waals surface area contributed by atoms with E-state index in [1.807, 2.05) is 229 Å². The Morgan fingerprint density at radius 2 is 0.669 bits per heavy atom. The Bertz CT molecular complexity index is 7750. The van der Waals surface area contributed by atoms with E-state index in [-0.39, 0.29) is 86.3 Å². The maximum absolute atomic E-state index is 8.13. The fraction of sp³-hybridized carbons (Fsp3) is 0.222. The molecular formula is C117H112Ir4N9-5. The van der Waals surface area contributed by atoms with Gasteiger partial charge in [0.2, 0.25) is 0 Å². The zero-order chi connectivity index (χ0) is 105. The number of hydrogen-bond acceptors (Lipinski definition) is 5. The van der Waals surface area contributed by atoms with Crippen molar-refractivity contribution in [2.75, 3.05) is 0 Å². The Labute approximate surface area is 851 Å². The van der Waals surface area contributed by atoms with E-state index in [1.54, 1.807) is 101 Å². The van der Waals surface area contributed by atoms with Gasteiger partial charge in [0.05, 0.1) is 56.4 Å². The van der Waals surface area contributed by atoms with Crippen molar-refractivity contribution in [2.45, 2.75) is 159 Å². The second-order valence-corrected chi connectivity index (χ2v) is 32.6. The summed E-state index contributed by atoms with van der Waals surface area (Å²) in [4.78, 5) is 23.5. The first kappa shape index (κ1) is 72.6. The van der Waals surface area contributed by atoms with Gasteiger partial charge in [0.1, 0.15) is 0 Å². The van der Waals surface area contributed by atoms with Crippen molar-refractivity contribution >= 4 is 76.7 Å². The molecule has 0 aliphatic rings. The molecule has 0 bridgehead atoms. The molecule has 666 valence electrons. The number of nitrogens with zero attached hydrogens (tertiary/aromatic N) is 9. The number of benzene rings is 13. The van der Waals surface area contributed by atoms with Gasteiger partial charge in [-0.25, -0.2) is 0 Å². The average Bonchev–Trinajstić information content (AvgIpc) is 1.60. The van der Waals surface area contributed by atoms with Gasteiger partial charge < -0.3 is 22.9 Å². The van der Waals surface area contributed by atoms with Crippen molar-refractivity contribution in [1.29, 1.82) is 0 Å². The van der Waals surface area contributed by atoms with Crippen molar-refractivity contribution in [1.82, 2.24) is 42.9 Å². The van der Waals surface area contributed by atoms with Crippen LogP contribution in [-0.2, 0) is 93.3 Å². The second-order valence-electron chi connectivity index (χ2n) is 32.6. The number of pyridine rings is 3. The minimum atomic E-state index is -2.71. The second kappa shape index (κ2) is 44.3. The molecule has 7 heterocycles. The summed E-state index contributed by atoms with van der Waals surface area (Å²) in [7, 11) is 0. The Kier molecular flexibility index (Phi) is 24.7. The Hall–Kier alpha value is -11.0. The van der Waals surface area contributed by atoms with Gasteiger partial charge in [-0.05, 0) is 164 Å². The van der Waals surface area contributed by atoms with Gasteiger partial charge in [-0.3, -0.25) is 19.9 Å². The SMILES string of the molecule is [2H]C([2H])([2H])C(C)Cc1cccc(CC(C)C)c1-c1cnc2c3[c-]cccc3c3ccccc3n12.[2H]C([2H])([2H])C(C)c1cccc(C(C)C([2H])([2H])[2H])c1-n1c(-c2[c-]cccc2)nc2ccccc21.[2H]C([2H])([2H])C(C)c1cccc(C(C)C([2H])([2H])[2H])c1-n1c(-c2[c-]cccc2)nc2ccccc21.[2H]C([2H])([2H])C(c1cccc(C(C)C)c1-c1cnc2c3[c-]cccc3c3ccccc3n12)C([2H])([2H])[2H].[Ir].[Ir].[Ir].[Ir].[c-]1ccccc1-c1ccccn1. The summed E-state index contributed by atoms with van der Waals surface area (Å²) < 4.78 is 177. The summed E-state index contributed by atoms with van der Waals surface area (Å²) in [5.74, 6) is -3.66. The zero-order valence-electron chi connectivity index (χ0n) is 94.4. The molecular weight excluding hydrogens is 2300 g/mol. The normalized spacial score (nSPS) is 15.4. The molecule has 20 rings (SSSR count). The third kappa shape index (κ3) is 20.5. The zero-order valence-corrected chi connectivity index (χ0v) is 83.0. The maximum Gasteiger partial charge on any atom is 0.0774 e. The molecule has 5 unspecified atom stereocenters. The van der Waals surface area contributed by atoms with Crippen LogP contribution in [-0.4, -0.2) is 42.9 Å². The van der Waals surface area contributed by atoms with Gasteiger partial charge >= 0.3 is 0 Å². The van der Waals surface area contributed by atoms with E-state index in [9.17, 15) is 0 Å². The van der Waals surface area contributed by atoms with E-state index in [0.29, 0.717) is 80.1 Å². The van der Waals surface area contributed by atoms with Crippen molar-refractivity contribution < 1.29 is 109 Å². The van der Waals surface area contributed by atoms with Crippen LogP contribution >= 0.6 is 0 Å². The van der Waals surface area contributed by atoms with Crippen LogP contribution in [0.5, 0.6) is 0 Å². The van der Waals surface area contributed by atoms with E-state index in [4.69, 9.17) is 48.7 Å². The van der Waals surface area contributed by atoms with Crippen LogP contribution in [0.3, 0.4) is 0 Å². The van der Waals surface area contributed by atoms with E-state index in [1.165, 1.54) is 5.56 Å². The first-order chi connectivity index (χ1) is 69.7. The molecule has 0 spiro atoms. The van der Waals surface area contributed by atoms with Crippen molar-refractivity contribution in [3.63, 3.8) is 0 Å².